The summed E-state index contributed by atoms with van der Waals surface area (Å²) in [7, 11) is 0. The normalized spacial score (nSPS) is 10.8. The zero-order chi connectivity index (χ0) is 15.0. The first-order valence-electron chi connectivity index (χ1n) is 6.16. The van der Waals surface area contributed by atoms with Crippen molar-refractivity contribution in [2.45, 2.75) is 6.92 Å². The fraction of sp³-hybridized carbons (Fsp3) is 0.0714. The molecule has 0 fully saturated rings. The maximum Gasteiger partial charge on any atom is 0.187 e. The van der Waals surface area contributed by atoms with E-state index >= 15 is 0 Å². The average molecular weight is 304 g/mol. The Balaban J connectivity index is 2.19. The van der Waals surface area contributed by atoms with Gasteiger partial charge in [0.15, 0.2) is 5.82 Å². The number of hydrogen-bond donors (Lipinski definition) is 1. The van der Waals surface area contributed by atoms with Crippen molar-refractivity contribution in [2.24, 2.45) is 0 Å². The Morgan fingerprint density at radius 1 is 1.19 bits per heavy atom. The number of halogens is 2. The molecule has 0 aliphatic rings. The average Bonchev–Trinajstić information content (AvgIpc) is 2.89. The molecule has 3 aromatic rings. The monoisotopic (exact) mass is 303 g/mol. The first kappa shape index (κ1) is 13.5. The number of anilines is 1. The molecule has 0 radical (unpaired) electrons. The van der Waals surface area contributed by atoms with Crippen molar-refractivity contribution in [1.82, 2.24) is 20.2 Å². The number of rotatable bonds is 2. The third-order valence-corrected chi connectivity index (χ3v) is 3.28. The molecule has 2 N–H and O–H groups in total. The van der Waals surface area contributed by atoms with Crippen molar-refractivity contribution in [1.29, 1.82) is 0 Å². The van der Waals surface area contributed by atoms with E-state index < -0.39 is 5.82 Å². The van der Waals surface area contributed by atoms with Crippen molar-refractivity contribution in [3.8, 4) is 17.1 Å². The van der Waals surface area contributed by atoms with Crippen LogP contribution in [0.15, 0.2) is 36.4 Å². The van der Waals surface area contributed by atoms with E-state index in [1.165, 1.54) is 16.8 Å². The number of benzene rings is 2. The van der Waals surface area contributed by atoms with Gasteiger partial charge in [-0.3, -0.25) is 0 Å². The summed E-state index contributed by atoms with van der Waals surface area (Å²) in [6, 6.07) is 9.58. The van der Waals surface area contributed by atoms with Gasteiger partial charge in [-0.25, -0.2) is 4.39 Å². The summed E-state index contributed by atoms with van der Waals surface area (Å²) in [6.07, 6.45) is 0. The van der Waals surface area contributed by atoms with Crippen LogP contribution in [0.3, 0.4) is 0 Å². The Morgan fingerprint density at radius 3 is 2.76 bits per heavy atom. The smallest absolute Gasteiger partial charge is 0.187 e. The van der Waals surface area contributed by atoms with E-state index in [9.17, 15) is 4.39 Å². The van der Waals surface area contributed by atoms with E-state index in [-0.39, 0.29) is 5.02 Å². The minimum Gasteiger partial charge on any atom is -0.399 e. The summed E-state index contributed by atoms with van der Waals surface area (Å²) in [4.78, 5) is 0. The molecule has 21 heavy (non-hydrogen) atoms. The van der Waals surface area contributed by atoms with Gasteiger partial charge in [-0.15, -0.1) is 5.10 Å². The lowest BCUT2D eigenvalue weighted by Crippen LogP contribution is -2.02. The zero-order valence-corrected chi connectivity index (χ0v) is 11.8. The van der Waals surface area contributed by atoms with Crippen molar-refractivity contribution in [3.63, 3.8) is 0 Å². The molecule has 3 rings (SSSR count). The first-order valence-corrected chi connectivity index (χ1v) is 6.54. The van der Waals surface area contributed by atoms with Gasteiger partial charge < -0.3 is 5.73 Å². The van der Waals surface area contributed by atoms with Gasteiger partial charge in [0.25, 0.3) is 0 Å². The van der Waals surface area contributed by atoms with Gasteiger partial charge in [-0.2, -0.15) is 4.68 Å². The fourth-order valence-electron chi connectivity index (χ4n) is 2.07. The molecular weight excluding hydrogens is 293 g/mol. The molecular formula is C14H11ClFN5. The van der Waals surface area contributed by atoms with E-state index in [1.54, 1.807) is 18.2 Å². The predicted octanol–water partition coefficient (Wildman–Crippen LogP) is 3.01. The minimum atomic E-state index is -0.455. The van der Waals surface area contributed by atoms with Crippen LogP contribution in [0.2, 0.25) is 5.02 Å². The molecule has 7 heteroatoms. The SMILES string of the molecule is Cc1ccc(N)cc1-c1nnnn1-c1cc(F)cc(Cl)c1. The number of nitrogens with zero attached hydrogens (tertiary/aromatic N) is 4. The Labute approximate surface area is 125 Å². The Kier molecular flexibility index (Phi) is 3.31. The van der Waals surface area contributed by atoms with Crippen LogP contribution in [0.1, 0.15) is 5.56 Å². The van der Waals surface area contributed by atoms with E-state index in [0.29, 0.717) is 17.2 Å². The lowest BCUT2D eigenvalue weighted by molar-refractivity contribution is 0.625. The van der Waals surface area contributed by atoms with Crippen LogP contribution in [0.4, 0.5) is 10.1 Å². The third kappa shape index (κ3) is 2.57. The number of aromatic nitrogens is 4. The highest BCUT2D eigenvalue weighted by atomic mass is 35.5. The maximum atomic E-state index is 13.5. The number of nitrogens with two attached hydrogens (primary N) is 1. The summed E-state index contributed by atoms with van der Waals surface area (Å²) in [5.41, 5.74) is 8.60. The van der Waals surface area contributed by atoms with Gasteiger partial charge in [0.05, 0.1) is 5.69 Å². The highest BCUT2D eigenvalue weighted by Gasteiger charge is 2.14. The van der Waals surface area contributed by atoms with Gasteiger partial charge in [-0.05, 0) is 53.2 Å². The van der Waals surface area contributed by atoms with Crippen LogP contribution in [-0.2, 0) is 0 Å². The van der Waals surface area contributed by atoms with E-state index in [0.717, 1.165) is 11.1 Å². The maximum absolute atomic E-state index is 13.5. The molecule has 2 aromatic carbocycles. The molecule has 1 heterocycles. The number of hydrogen-bond acceptors (Lipinski definition) is 4. The molecule has 1 aromatic heterocycles. The van der Waals surface area contributed by atoms with Crippen molar-refractivity contribution >= 4 is 17.3 Å². The van der Waals surface area contributed by atoms with Crippen LogP contribution in [0.25, 0.3) is 17.1 Å². The third-order valence-electron chi connectivity index (χ3n) is 3.06. The Morgan fingerprint density at radius 2 is 2.00 bits per heavy atom. The molecule has 0 saturated heterocycles. The molecule has 0 aliphatic carbocycles. The molecule has 0 aliphatic heterocycles. The molecule has 5 nitrogen and oxygen atoms in total. The molecule has 106 valence electrons. The van der Waals surface area contributed by atoms with Crippen LogP contribution in [0, 0.1) is 12.7 Å². The first-order chi connectivity index (χ1) is 10.0. The molecule has 0 spiro atoms. The highest BCUT2D eigenvalue weighted by Crippen LogP contribution is 2.26. The summed E-state index contributed by atoms with van der Waals surface area (Å²) < 4.78 is 14.9. The molecule has 0 atom stereocenters. The lowest BCUT2D eigenvalue weighted by Gasteiger charge is -2.08. The Hall–Kier alpha value is -2.47. The van der Waals surface area contributed by atoms with Crippen LogP contribution < -0.4 is 5.73 Å². The predicted molar refractivity (Wildman–Crippen MR) is 78.7 cm³/mol. The highest BCUT2D eigenvalue weighted by molar-refractivity contribution is 6.30. The quantitative estimate of drug-likeness (QED) is 0.739. The number of aryl methyl sites for hydroxylation is 1. The number of tetrazole rings is 1. The van der Waals surface area contributed by atoms with Crippen LogP contribution in [-0.4, -0.2) is 20.2 Å². The topological polar surface area (TPSA) is 69.6 Å². The molecule has 0 unspecified atom stereocenters. The largest absolute Gasteiger partial charge is 0.399 e. The van der Waals surface area contributed by atoms with Crippen LogP contribution >= 0.6 is 11.6 Å². The summed E-state index contributed by atoms with van der Waals surface area (Å²) in [6.45, 7) is 1.92. The van der Waals surface area contributed by atoms with E-state index in [1.807, 2.05) is 13.0 Å². The van der Waals surface area contributed by atoms with Gasteiger partial charge in [-0.1, -0.05) is 17.7 Å². The molecule has 0 bridgehead atoms. The van der Waals surface area contributed by atoms with E-state index in [4.69, 9.17) is 17.3 Å². The van der Waals surface area contributed by atoms with Crippen molar-refractivity contribution < 1.29 is 4.39 Å². The summed E-state index contributed by atoms with van der Waals surface area (Å²) in [5.74, 6) is 0.0183. The van der Waals surface area contributed by atoms with Crippen molar-refractivity contribution in [3.05, 3.63) is 52.8 Å². The lowest BCUT2D eigenvalue weighted by atomic mass is 10.1. The van der Waals surface area contributed by atoms with E-state index in [2.05, 4.69) is 15.5 Å². The summed E-state index contributed by atoms with van der Waals surface area (Å²) in [5, 5.41) is 11.8. The fourth-order valence-corrected chi connectivity index (χ4v) is 2.29. The van der Waals surface area contributed by atoms with Crippen LogP contribution in [0.5, 0.6) is 0 Å². The van der Waals surface area contributed by atoms with Gasteiger partial charge in [0, 0.05) is 16.3 Å². The second kappa shape index (κ2) is 5.14. The second-order valence-electron chi connectivity index (χ2n) is 4.62. The Bertz CT molecular complexity index is 795. The zero-order valence-electron chi connectivity index (χ0n) is 11.1. The summed E-state index contributed by atoms with van der Waals surface area (Å²) >= 11 is 5.88. The standard InChI is InChI=1S/C14H11ClFN5/c1-8-2-3-11(17)7-13(8)14-18-19-20-21(14)12-5-9(15)4-10(16)6-12/h2-7H,17H2,1H3. The minimum absolute atomic E-state index is 0.274. The van der Waals surface area contributed by atoms with Crippen molar-refractivity contribution in [2.75, 3.05) is 5.73 Å². The van der Waals surface area contributed by atoms with Gasteiger partial charge in [0.2, 0.25) is 0 Å². The van der Waals surface area contributed by atoms with Gasteiger partial charge in [0.1, 0.15) is 5.82 Å². The second-order valence-corrected chi connectivity index (χ2v) is 5.05. The molecule has 0 saturated carbocycles. The van der Waals surface area contributed by atoms with Gasteiger partial charge >= 0.3 is 0 Å². The molecule has 0 amide bonds. The number of nitrogen functional groups attached to an aromatic ring is 1.